The highest BCUT2D eigenvalue weighted by Crippen LogP contribution is 2.39. The van der Waals surface area contributed by atoms with Crippen molar-refractivity contribution in [1.82, 2.24) is 19.6 Å². The summed E-state index contributed by atoms with van der Waals surface area (Å²) < 4.78 is 17.1. The Kier molecular flexibility index (Phi) is 6.09. The van der Waals surface area contributed by atoms with Gasteiger partial charge in [-0.3, -0.25) is 9.89 Å². The Hall–Kier alpha value is -3.76. The zero-order valence-electron chi connectivity index (χ0n) is 17.5. The van der Waals surface area contributed by atoms with Gasteiger partial charge < -0.3 is 24.8 Å². The Bertz CT molecular complexity index is 1110. The summed E-state index contributed by atoms with van der Waals surface area (Å²) in [5.41, 5.74) is 0.506. The van der Waals surface area contributed by atoms with Gasteiger partial charge in [0.2, 0.25) is 5.75 Å². The number of nitrogens with one attached hydrogen (secondary N) is 3. The van der Waals surface area contributed by atoms with Gasteiger partial charge in [0.1, 0.15) is 11.5 Å². The first-order valence-electron chi connectivity index (χ1n) is 9.28. The molecule has 0 atom stereocenters. The number of aromatic nitrogens is 4. The number of benzene rings is 1. The molecule has 3 N–H and O–H groups in total. The van der Waals surface area contributed by atoms with Crippen LogP contribution < -0.4 is 30.4 Å². The van der Waals surface area contributed by atoms with Crippen LogP contribution in [0.2, 0.25) is 0 Å². The summed E-state index contributed by atoms with van der Waals surface area (Å²) >= 11 is 0. The summed E-state index contributed by atoms with van der Waals surface area (Å²) in [6, 6.07) is 2.55. The Morgan fingerprint density at radius 2 is 1.77 bits per heavy atom. The van der Waals surface area contributed by atoms with Crippen LogP contribution >= 0.6 is 0 Å². The van der Waals surface area contributed by atoms with Crippen molar-refractivity contribution in [2.45, 2.75) is 26.7 Å². The molecule has 0 aliphatic rings. The van der Waals surface area contributed by atoms with E-state index in [1.165, 1.54) is 25.8 Å². The molecule has 0 radical (unpaired) electrons. The minimum atomic E-state index is -0.614. The van der Waals surface area contributed by atoms with E-state index in [4.69, 9.17) is 14.2 Å². The number of ether oxygens (including phenoxy) is 3. The number of urea groups is 1. The molecule has 0 aliphatic carbocycles. The second-order valence-electron chi connectivity index (χ2n) is 6.43. The Balaban J connectivity index is 1.93. The zero-order chi connectivity index (χ0) is 21.8. The fourth-order valence-electron chi connectivity index (χ4n) is 3.04. The second kappa shape index (κ2) is 8.72. The fourth-order valence-corrected chi connectivity index (χ4v) is 3.04. The van der Waals surface area contributed by atoms with E-state index in [-0.39, 0.29) is 11.5 Å². The number of amides is 2. The SMILES string of the molecule is CCCc1nc2nc(C)[nH]n2c(=O)c1NC(=O)Nc1cc(OC)c(OC)c(OC)c1. The van der Waals surface area contributed by atoms with Gasteiger partial charge in [-0.25, -0.2) is 9.78 Å². The van der Waals surface area contributed by atoms with E-state index >= 15 is 0 Å². The third-order valence-corrected chi connectivity index (χ3v) is 4.33. The van der Waals surface area contributed by atoms with Crippen molar-refractivity contribution in [1.29, 1.82) is 0 Å². The van der Waals surface area contributed by atoms with E-state index in [1.54, 1.807) is 19.1 Å². The van der Waals surface area contributed by atoms with Crippen molar-refractivity contribution in [2.75, 3.05) is 32.0 Å². The fraction of sp³-hybridized carbons (Fsp3) is 0.368. The predicted molar refractivity (Wildman–Crippen MR) is 111 cm³/mol. The molecular formula is C19H24N6O5. The monoisotopic (exact) mass is 416 g/mol. The maximum absolute atomic E-state index is 12.9. The number of hydrogen-bond donors (Lipinski definition) is 3. The molecule has 11 nitrogen and oxygen atoms in total. The Morgan fingerprint density at radius 3 is 2.33 bits per heavy atom. The molecule has 2 heterocycles. The number of nitrogens with zero attached hydrogens (tertiary/aromatic N) is 3. The minimum Gasteiger partial charge on any atom is -0.493 e. The topological polar surface area (TPSA) is 132 Å². The highest BCUT2D eigenvalue weighted by atomic mass is 16.5. The molecule has 0 unspecified atom stereocenters. The van der Waals surface area contributed by atoms with Gasteiger partial charge in [-0.2, -0.15) is 9.50 Å². The van der Waals surface area contributed by atoms with Gasteiger partial charge in [0.25, 0.3) is 11.3 Å². The van der Waals surface area contributed by atoms with E-state index < -0.39 is 11.6 Å². The summed E-state index contributed by atoms with van der Waals surface area (Å²) in [5.74, 6) is 1.97. The minimum absolute atomic E-state index is 0.0861. The number of aryl methyl sites for hydroxylation is 2. The van der Waals surface area contributed by atoms with Gasteiger partial charge in [0.05, 0.1) is 32.7 Å². The van der Waals surface area contributed by atoms with Crippen LogP contribution in [-0.2, 0) is 6.42 Å². The number of methoxy groups -OCH3 is 3. The van der Waals surface area contributed by atoms with Gasteiger partial charge >= 0.3 is 6.03 Å². The lowest BCUT2D eigenvalue weighted by atomic mass is 10.2. The number of hydrogen-bond acceptors (Lipinski definition) is 7. The van der Waals surface area contributed by atoms with Crippen LogP contribution in [0.5, 0.6) is 17.2 Å². The van der Waals surface area contributed by atoms with Crippen molar-refractivity contribution in [3.63, 3.8) is 0 Å². The Labute approximate surface area is 172 Å². The number of fused-ring (bicyclic) bond motifs is 1. The lowest BCUT2D eigenvalue weighted by molar-refractivity contribution is 0.262. The average molecular weight is 416 g/mol. The van der Waals surface area contributed by atoms with E-state index in [1.807, 2.05) is 6.92 Å². The third kappa shape index (κ3) is 4.00. The maximum atomic E-state index is 12.9. The molecular weight excluding hydrogens is 392 g/mol. The van der Waals surface area contributed by atoms with Crippen LogP contribution in [0.15, 0.2) is 16.9 Å². The molecule has 2 amide bonds. The molecule has 0 saturated carbocycles. The van der Waals surface area contributed by atoms with Gasteiger partial charge in [-0.1, -0.05) is 13.3 Å². The van der Waals surface area contributed by atoms with Crippen LogP contribution in [0, 0.1) is 6.92 Å². The van der Waals surface area contributed by atoms with Crippen LogP contribution in [0.25, 0.3) is 5.78 Å². The number of carbonyl (C=O) groups is 1. The van der Waals surface area contributed by atoms with Crippen LogP contribution in [-0.4, -0.2) is 46.9 Å². The molecule has 3 rings (SSSR count). The van der Waals surface area contributed by atoms with Crippen LogP contribution in [0.1, 0.15) is 24.9 Å². The summed E-state index contributed by atoms with van der Waals surface area (Å²) in [7, 11) is 4.45. The summed E-state index contributed by atoms with van der Waals surface area (Å²) in [6.07, 6.45) is 1.26. The number of aromatic amines is 1. The molecule has 0 saturated heterocycles. The van der Waals surface area contributed by atoms with Gasteiger partial charge in [0, 0.05) is 12.1 Å². The largest absolute Gasteiger partial charge is 0.493 e. The first-order chi connectivity index (χ1) is 14.4. The highest BCUT2D eigenvalue weighted by Gasteiger charge is 2.18. The van der Waals surface area contributed by atoms with Crippen molar-refractivity contribution in [2.24, 2.45) is 0 Å². The van der Waals surface area contributed by atoms with E-state index in [0.29, 0.717) is 40.9 Å². The molecule has 1 aromatic carbocycles. The zero-order valence-corrected chi connectivity index (χ0v) is 17.5. The molecule has 3 aromatic rings. The summed E-state index contributed by atoms with van der Waals surface area (Å²) in [5, 5.41) is 8.10. The number of anilines is 2. The standard InChI is InChI=1S/C19H24N6O5/c1-6-7-12-15(17(26)25-18(22-12)20-10(2)24-25)23-19(27)21-11-8-13(28-3)16(30-5)14(9-11)29-4/h8-9H,6-7H2,1-5H3,(H,20,22,24)(H2,21,23,27). The normalized spacial score (nSPS) is 10.7. The van der Waals surface area contributed by atoms with Crippen molar-refractivity contribution in [3.05, 3.63) is 34.0 Å². The van der Waals surface area contributed by atoms with Gasteiger partial charge in [0.15, 0.2) is 11.5 Å². The maximum Gasteiger partial charge on any atom is 0.323 e. The molecule has 30 heavy (non-hydrogen) atoms. The Morgan fingerprint density at radius 1 is 1.10 bits per heavy atom. The molecule has 2 aromatic heterocycles. The molecule has 0 fully saturated rings. The number of H-pyrrole nitrogens is 1. The van der Waals surface area contributed by atoms with E-state index in [2.05, 4.69) is 25.7 Å². The highest BCUT2D eigenvalue weighted by molar-refractivity contribution is 6.00. The van der Waals surface area contributed by atoms with E-state index in [9.17, 15) is 9.59 Å². The quantitative estimate of drug-likeness (QED) is 0.539. The second-order valence-corrected chi connectivity index (χ2v) is 6.43. The molecule has 0 aliphatic heterocycles. The lowest BCUT2D eigenvalue weighted by Crippen LogP contribution is -2.28. The van der Waals surface area contributed by atoms with Crippen molar-refractivity contribution >= 4 is 23.2 Å². The summed E-state index contributed by atoms with van der Waals surface area (Å²) in [6.45, 7) is 3.68. The van der Waals surface area contributed by atoms with Gasteiger partial charge in [-0.05, 0) is 13.3 Å². The number of carbonyl (C=O) groups excluding carboxylic acids is 1. The molecule has 0 spiro atoms. The smallest absolute Gasteiger partial charge is 0.323 e. The van der Waals surface area contributed by atoms with Crippen molar-refractivity contribution in [3.8, 4) is 17.2 Å². The van der Waals surface area contributed by atoms with Crippen LogP contribution in [0.4, 0.5) is 16.2 Å². The van der Waals surface area contributed by atoms with Gasteiger partial charge in [-0.15, -0.1) is 0 Å². The first kappa shape index (κ1) is 21.0. The molecule has 11 heteroatoms. The first-order valence-corrected chi connectivity index (χ1v) is 9.28. The van der Waals surface area contributed by atoms with Crippen LogP contribution in [0.3, 0.4) is 0 Å². The lowest BCUT2D eigenvalue weighted by Gasteiger charge is -2.15. The predicted octanol–water partition coefficient (Wildman–Crippen LogP) is 2.35. The number of rotatable bonds is 7. The van der Waals surface area contributed by atoms with E-state index in [0.717, 1.165) is 6.42 Å². The molecule has 0 bridgehead atoms. The van der Waals surface area contributed by atoms with Crippen molar-refractivity contribution < 1.29 is 19.0 Å². The average Bonchev–Trinajstić information content (AvgIpc) is 3.10. The summed E-state index contributed by atoms with van der Waals surface area (Å²) in [4.78, 5) is 34.1. The third-order valence-electron chi connectivity index (χ3n) is 4.33. The molecule has 160 valence electrons.